The third-order valence-corrected chi connectivity index (χ3v) is 2.81. The monoisotopic (exact) mass is 210 g/mol. The Hall–Kier alpha value is -0.290. The Morgan fingerprint density at radius 3 is 2.00 bits per heavy atom. The largest absolute Gasteiger partial charge is 0.204 e. The molecule has 0 heterocycles. The van der Waals surface area contributed by atoms with Crippen molar-refractivity contribution in [1.29, 1.82) is 0 Å². The Bertz CT molecular complexity index is 265. The van der Waals surface area contributed by atoms with E-state index < -0.39 is 17.5 Å². The summed E-state index contributed by atoms with van der Waals surface area (Å²) in [5.41, 5.74) is 0. The third kappa shape index (κ3) is 2.10. The van der Waals surface area contributed by atoms with Crippen molar-refractivity contribution in [2.45, 2.75) is 4.90 Å². The highest BCUT2D eigenvalue weighted by molar-refractivity contribution is 8.76. The van der Waals surface area contributed by atoms with Crippen molar-refractivity contribution in [3.05, 3.63) is 29.6 Å². The highest BCUT2D eigenvalue weighted by atomic mass is 33.1. The molecule has 0 saturated heterocycles. The summed E-state index contributed by atoms with van der Waals surface area (Å²) in [5.74, 6) is -3.71. The molecule has 0 aliphatic heterocycles. The predicted molar refractivity (Wildman–Crippen MR) is 45.7 cm³/mol. The molecule has 0 aromatic heterocycles. The molecule has 0 amide bonds. The van der Waals surface area contributed by atoms with Gasteiger partial charge in [-0.15, -0.1) is 0 Å². The lowest BCUT2D eigenvalue weighted by Crippen LogP contribution is -1.89. The molecule has 66 valence electrons. The van der Waals surface area contributed by atoms with Crippen LogP contribution in [-0.2, 0) is 0 Å². The second-order valence-corrected chi connectivity index (χ2v) is 4.42. The molecule has 1 rings (SSSR count). The maximum absolute atomic E-state index is 12.5. The van der Waals surface area contributed by atoms with E-state index in [4.69, 9.17) is 0 Å². The van der Waals surface area contributed by atoms with E-state index in [0.29, 0.717) is 4.90 Å². The number of halogens is 3. The van der Waals surface area contributed by atoms with Gasteiger partial charge in [-0.1, -0.05) is 21.6 Å². The Morgan fingerprint density at radius 2 is 1.58 bits per heavy atom. The SMILES string of the molecule is CSSc1cc(F)c(F)c(F)c1. The van der Waals surface area contributed by atoms with Gasteiger partial charge in [-0.2, -0.15) is 0 Å². The number of hydrogen-bond donors (Lipinski definition) is 0. The number of rotatable bonds is 2. The first kappa shape index (κ1) is 9.80. The molecular weight excluding hydrogens is 205 g/mol. The zero-order chi connectivity index (χ0) is 9.14. The van der Waals surface area contributed by atoms with E-state index in [2.05, 4.69) is 0 Å². The van der Waals surface area contributed by atoms with Crippen molar-refractivity contribution < 1.29 is 13.2 Å². The predicted octanol–water partition coefficient (Wildman–Crippen LogP) is 3.47. The molecule has 5 heteroatoms. The minimum atomic E-state index is -1.42. The van der Waals surface area contributed by atoms with Crippen LogP contribution in [0.2, 0.25) is 0 Å². The first-order valence-corrected chi connectivity index (χ1v) is 5.56. The van der Waals surface area contributed by atoms with E-state index in [-0.39, 0.29) is 0 Å². The quantitative estimate of drug-likeness (QED) is 0.541. The lowest BCUT2D eigenvalue weighted by molar-refractivity contribution is 0.443. The molecule has 0 spiro atoms. The van der Waals surface area contributed by atoms with E-state index in [1.165, 1.54) is 21.6 Å². The van der Waals surface area contributed by atoms with Crippen molar-refractivity contribution in [3.63, 3.8) is 0 Å². The zero-order valence-corrected chi connectivity index (χ0v) is 7.74. The lowest BCUT2D eigenvalue weighted by Gasteiger charge is -1.99. The molecular formula is C7H5F3S2. The molecule has 1 aromatic rings. The Balaban J connectivity index is 3.04. The molecule has 0 bridgehead atoms. The highest BCUT2D eigenvalue weighted by Crippen LogP contribution is 2.30. The number of hydrogen-bond acceptors (Lipinski definition) is 2. The first-order valence-electron chi connectivity index (χ1n) is 3.00. The summed E-state index contributed by atoms with van der Waals surface area (Å²) in [7, 11) is 2.52. The van der Waals surface area contributed by atoms with Gasteiger partial charge in [0.05, 0.1) is 0 Å². The van der Waals surface area contributed by atoms with Gasteiger partial charge in [0.15, 0.2) is 17.5 Å². The summed E-state index contributed by atoms with van der Waals surface area (Å²) in [4.78, 5) is 0.374. The molecule has 0 nitrogen and oxygen atoms in total. The third-order valence-electron chi connectivity index (χ3n) is 1.14. The molecule has 0 unspecified atom stereocenters. The van der Waals surface area contributed by atoms with Crippen molar-refractivity contribution in [2.75, 3.05) is 6.26 Å². The molecule has 0 saturated carbocycles. The Labute approximate surface area is 75.9 Å². The summed E-state index contributed by atoms with van der Waals surface area (Å²) in [6.07, 6.45) is 1.77. The molecule has 0 fully saturated rings. The second-order valence-electron chi connectivity index (χ2n) is 1.95. The van der Waals surface area contributed by atoms with Crippen LogP contribution in [-0.4, -0.2) is 6.26 Å². The fraction of sp³-hybridized carbons (Fsp3) is 0.143. The van der Waals surface area contributed by atoms with Crippen LogP contribution in [0.3, 0.4) is 0 Å². The molecule has 0 aliphatic rings. The summed E-state index contributed by atoms with van der Waals surface area (Å²) in [6, 6.07) is 1.94. The average molecular weight is 210 g/mol. The zero-order valence-electron chi connectivity index (χ0n) is 6.11. The minimum Gasteiger partial charge on any atom is -0.204 e. The van der Waals surface area contributed by atoms with Gasteiger partial charge in [0.1, 0.15) is 0 Å². The van der Waals surface area contributed by atoms with Crippen molar-refractivity contribution >= 4 is 21.6 Å². The fourth-order valence-corrected chi connectivity index (χ4v) is 2.04. The maximum atomic E-state index is 12.5. The van der Waals surface area contributed by atoms with Crippen LogP contribution >= 0.6 is 21.6 Å². The molecule has 0 atom stereocenters. The van der Waals surface area contributed by atoms with Crippen molar-refractivity contribution in [1.82, 2.24) is 0 Å². The summed E-state index contributed by atoms with van der Waals surface area (Å²) in [5, 5.41) is 0. The summed E-state index contributed by atoms with van der Waals surface area (Å²) >= 11 is 0. The molecule has 12 heavy (non-hydrogen) atoms. The van der Waals surface area contributed by atoms with Crippen molar-refractivity contribution in [3.8, 4) is 0 Å². The molecule has 0 N–H and O–H groups in total. The average Bonchev–Trinajstić information content (AvgIpc) is 2.01. The Kier molecular flexibility index (Phi) is 3.34. The Morgan fingerprint density at radius 1 is 1.08 bits per heavy atom. The first-order chi connectivity index (χ1) is 5.65. The van der Waals surface area contributed by atoms with Gasteiger partial charge < -0.3 is 0 Å². The van der Waals surface area contributed by atoms with Crippen LogP contribution in [0.25, 0.3) is 0 Å². The lowest BCUT2D eigenvalue weighted by atomic mass is 10.3. The van der Waals surface area contributed by atoms with E-state index in [9.17, 15) is 13.2 Å². The maximum Gasteiger partial charge on any atom is 0.194 e. The molecule has 0 radical (unpaired) electrons. The van der Waals surface area contributed by atoms with Gasteiger partial charge in [-0.3, -0.25) is 0 Å². The van der Waals surface area contributed by atoms with Gasteiger partial charge in [0.2, 0.25) is 0 Å². The normalized spacial score (nSPS) is 10.3. The van der Waals surface area contributed by atoms with Crippen LogP contribution in [0.1, 0.15) is 0 Å². The van der Waals surface area contributed by atoms with Crippen LogP contribution in [0, 0.1) is 17.5 Å². The van der Waals surface area contributed by atoms with Crippen molar-refractivity contribution in [2.24, 2.45) is 0 Å². The van der Waals surface area contributed by atoms with E-state index in [1.54, 1.807) is 6.26 Å². The van der Waals surface area contributed by atoms with Crippen LogP contribution in [0.5, 0.6) is 0 Å². The topological polar surface area (TPSA) is 0 Å². The van der Waals surface area contributed by atoms with E-state index >= 15 is 0 Å². The minimum absolute atomic E-state index is 0.374. The standard InChI is InChI=1S/C7H5F3S2/c1-11-12-4-2-5(8)7(10)6(9)3-4/h2-3H,1H3. The van der Waals surface area contributed by atoms with Gasteiger partial charge >= 0.3 is 0 Å². The molecule has 0 aliphatic carbocycles. The fourth-order valence-electron chi connectivity index (χ4n) is 0.677. The van der Waals surface area contributed by atoms with Gasteiger partial charge in [0, 0.05) is 4.90 Å². The summed E-state index contributed by atoms with van der Waals surface area (Å²) < 4.78 is 37.4. The van der Waals surface area contributed by atoms with Crippen LogP contribution < -0.4 is 0 Å². The molecule has 1 aromatic carbocycles. The van der Waals surface area contributed by atoms with E-state index in [1.807, 2.05) is 0 Å². The van der Waals surface area contributed by atoms with Crippen LogP contribution in [0.4, 0.5) is 13.2 Å². The van der Waals surface area contributed by atoms with Gasteiger partial charge in [-0.05, 0) is 18.4 Å². The van der Waals surface area contributed by atoms with Crippen LogP contribution in [0.15, 0.2) is 17.0 Å². The highest BCUT2D eigenvalue weighted by Gasteiger charge is 2.10. The van der Waals surface area contributed by atoms with Gasteiger partial charge in [0.25, 0.3) is 0 Å². The van der Waals surface area contributed by atoms with Gasteiger partial charge in [-0.25, -0.2) is 13.2 Å². The summed E-state index contributed by atoms with van der Waals surface area (Å²) in [6.45, 7) is 0. The smallest absolute Gasteiger partial charge is 0.194 e. The number of benzene rings is 1. The second kappa shape index (κ2) is 4.09. The van der Waals surface area contributed by atoms with E-state index in [0.717, 1.165) is 12.1 Å².